The van der Waals surface area contributed by atoms with Crippen molar-refractivity contribution in [3.05, 3.63) is 28.8 Å². The molecule has 2 amide bonds. The van der Waals surface area contributed by atoms with Crippen molar-refractivity contribution in [2.75, 3.05) is 44.6 Å². The largest absolute Gasteiger partial charge is 0.353 e. The molecule has 1 fully saturated rings. The highest BCUT2D eigenvalue weighted by Crippen LogP contribution is 2.21. The van der Waals surface area contributed by atoms with Crippen molar-refractivity contribution in [1.82, 2.24) is 15.1 Å². The predicted octanol–water partition coefficient (Wildman–Crippen LogP) is 2.08. The van der Waals surface area contributed by atoms with Gasteiger partial charge in [0.15, 0.2) is 0 Å². The van der Waals surface area contributed by atoms with E-state index in [1.165, 1.54) is 5.56 Å². The molecule has 2 rings (SSSR count). The minimum Gasteiger partial charge on any atom is -0.353 e. The van der Waals surface area contributed by atoms with E-state index in [0.29, 0.717) is 13.1 Å². The molecule has 0 aliphatic carbocycles. The number of benzene rings is 1. The molecule has 1 saturated heterocycles. The molecule has 2 N–H and O–H groups in total. The minimum atomic E-state index is 0.0213. The van der Waals surface area contributed by atoms with Crippen molar-refractivity contribution in [3.63, 3.8) is 0 Å². The number of amides is 2. The Labute approximate surface area is 163 Å². The summed E-state index contributed by atoms with van der Waals surface area (Å²) in [6.45, 7) is 14.2. The van der Waals surface area contributed by atoms with Crippen LogP contribution in [0.25, 0.3) is 0 Å². The molecule has 0 spiro atoms. The second-order valence-electron chi connectivity index (χ2n) is 7.75. The van der Waals surface area contributed by atoms with Crippen LogP contribution in [0.5, 0.6) is 0 Å². The average Bonchev–Trinajstić information content (AvgIpc) is 2.59. The Morgan fingerprint density at radius 1 is 0.963 bits per heavy atom. The summed E-state index contributed by atoms with van der Waals surface area (Å²) in [7, 11) is 0. The minimum absolute atomic E-state index is 0.0213. The summed E-state index contributed by atoms with van der Waals surface area (Å²) in [5, 5.41) is 6.07. The zero-order valence-electron chi connectivity index (χ0n) is 17.4. The van der Waals surface area contributed by atoms with E-state index in [2.05, 4.69) is 46.4 Å². The van der Waals surface area contributed by atoms with Crippen molar-refractivity contribution in [3.8, 4) is 0 Å². The summed E-state index contributed by atoms with van der Waals surface area (Å²) in [4.78, 5) is 28.8. The Bertz CT molecular complexity index is 643. The van der Waals surface area contributed by atoms with Crippen molar-refractivity contribution in [1.29, 1.82) is 0 Å². The van der Waals surface area contributed by atoms with Crippen LogP contribution in [0, 0.1) is 20.8 Å². The highest BCUT2D eigenvalue weighted by molar-refractivity contribution is 5.93. The number of hydrogen-bond donors (Lipinski definition) is 2. The maximum absolute atomic E-state index is 12.5. The molecule has 0 saturated carbocycles. The zero-order valence-corrected chi connectivity index (χ0v) is 17.4. The first-order valence-corrected chi connectivity index (χ1v) is 9.90. The number of aryl methyl sites for hydroxylation is 3. The molecular weight excluding hydrogens is 340 g/mol. The highest BCUT2D eigenvalue weighted by atomic mass is 16.2. The van der Waals surface area contributed by atoms with Crippen LogP contribution >= 0.6 is 0 Å². The molecule has 27 heavy (non-hydrogen) atoms. The first-order valence-electron chi connectivity index (χ1n) is 9.90. The molecular formula is C21H34N4O2. The predicted molar refractivity (Wildman–Crippen MR) is 110 cm³/mol. The fourth-order valence-corrected chi connectivity index (χ4v) is 3.49. The lowest BCUT2D eigenvalue weighted by molar-refractivity contribution is -0.124. The molecule has 1 aliphatic rings. The third-order valence-electron chi connectivity index (χ3n) is 5.16. The quantitative estimate of drug-likeness (QED) is 0.767. The van der Waals surface area contributed by atoms with Crippen LogP contribution < -0.4 is 10.6 Å². The number of nitrogens with one attached hydrogen (secondary N) is 2. The van der Waals surface area contributed by atoms with Crippen LogP contribution in [-0.4, -0.2) is 66.9 Å². The molecule has 1 heterocycles. The molecule has 0 radical (unpaired) electrons. The SMILES string of the molecule is CC[C@@H](C)NC(=O)CN1CCN(CC(=O)Nc2c(C)cc(C)cc2C)CC1. The van der Waals surface area contributed by atoms with Gasteiger partial charge in [0.1, 0.15) is 0 Å². The number of piperazine rings is 1. The van der Waals surface area contributed by atoms with Gasteiger partial charge in [-0.15, -0.1) is 0 Å². The molecule has 150 valence electrons. The lowest BCUT2D eigenvalue weighted by Gasteiger charge is -2.34. The van der Waals surface area contributed by atoms with Crippen molar-refractivity contribution >= 4 is 17.5 Å². The van der Waals surface area contributed by atoms with Gasteiger partial charge in [0.2, 0.25) is 11.8 Å². The molecule has 1 atom stereocenters. The van der Waals surface area contributed by atoms with E-state index >= 15 is 0 Å². The number of hydrogen-bond acceptors (Lipinski definition) is 4. The third-order valence-corrected chi connectivity index (χ3v) is 5.16. The smallest absolute Gasteiger partial charge is 0.238 e. The lowest BCUT2D eigenvalue weighted by Crippen LogP contribution is -2.51. The number of nitrogens with zero attached hydrogens (tertiary/aromatic N) is 2. The Hall–Kier alpha value is -1.92. The van der Waals surface area contributed by atoms with Crippen LogP contribution in [0.15, 0.2) is 12.1 Å². The Balaban J connectivity index is 1.77. The number of carbonyl (C=O) groups is 2. The second-order valence-corrected chi connectivity index (χ2v) is 7.75. The zero-order chi connectivity index (χ0) is 20.0. The standard InChI is InChI=1S/C21H34N4O2/c1-6-18(5)22-19(26)13-24-7-9-25(10-8-24)14-20(27)23-21-16(3)11-15(2)12-17(21)4/h11-12,18H,6-10,13-14H2,1-5H3,(H,22,26)(H,23,27)/t18-/m1/s1. The summed E-state index contributed by atoms with van der Waals surface area (Å²) in [5.74, 6) is 0.105. The van der Waals surface area contributed by atoms with E-state index < -0.39 is 0 Å². The normalized spacial score (nSPS) is 16.8. The van der Waals surface area contributed by atoms with E-state index in [0.717, 1.165) is 49.4 Å². The van der Waals surface area contributed by atoms with Gasteiger partial charge in [0, 0.05) is 37.9 Å². The summed E-state index contributed by atoms with van der Waals surface area (Å²) in [6.07, 6.45) is 0.939. The topological polar surface area (TPSA) is 64.7 Å². The van der Waals surface area contributed by atoms with E-state index in [4.69, 9.17) is 0 Å². The Morgan fingerprint density at radius 3 is 1.93 bits per heavy atom. The van der Waals surface area contributed by atoms with Gasteiger partial charge in [-0.3, -0.25) is 19.4 Å². The van der Waals surface area contributed by atoms with Crippen LogP contribution in [0.2, 0.25) is 0 Å². The van der Waals surface area contributed by atoms with Crippen LogP contribution in [0.1, 0.15) is 37.0 Å². The summed E-state index contributed by atoms with van der Waals surface area (Å²) in [5.41, 5.74) is 4.32. The molecule has 0 unspecified atom stereocenters. The average molecular weight is 375 g/mol. The van der Waals surface area contributed by atoms with Gasteiger partial charge in [0.05, 0.1) is 13.1 Å². The molecule has 1 aromatic rings. The second kappa shape index (κ2) is 9.85. The summed E-state index contributed by atoms with van der Waals surface area (Å²) in [6, 6.07) is 4.40. The molecule has 6 heteroatoms. The number of carbonyl (C=O) groups excluding carboxylic acids is 2. The van der Waals surface area contributed by atoms with Crippen molar-refractivity contribution in [2.45, 2.75) is 47.1 Å². The number of rotatable bonds is 7. The van der Waals surface area contributed by atoms with E-state index in [9.17, 15) is 9.59 Å². The molecule has 1 aliphatic heterocycles. The lowest BCUT2D eigenvalue weighted by atomic mass is 10.1. The first kappa shape index (κ1) is 21.4. The van der Waals surface area contributed by atoms with Crippen LogP contribution in [0.4, 0.5) is 5.69 Å². The van der Waals surface area contributed by atoms with Gasteiger partial charge in [-0.2, -0.15) is 0 Å². The van der Waals surface area contributed by atoms with Crippen molar-refractivity contribution < 1.29 is 9.59 Å². The maximum atomic E-state index is 12.5. The first-order chi connectivity index (χ1) is 12.8. The fraction of sp³-hybridized carbons (Fsp3) is 0.619. The Morgan fingerprint density at radius 2 is 1.44 bits per heavy atom. The highest BCUT2D eigenvalue weighted by Gasteiger charge is 2.21. The van der Waals surface area contributed by atoms with Gasteiger partial charge < -0.3 is 10.6 Å². The van der Waals surface area contributed by atoms with Crippen LogP contribution in [0.3, 0.4) is 0 Å². The molecule has 0 aromatic heterocycles. The monoisotopic (exact) mass is 374 g/mol. The van der Waals surface area contributed by atoms with E-state index in [1.807, 2.05) is 20.8 Å². The van der Waals surface area contributed by atoms with E-state index in [1.54, 1.807) is 0 Å². The summed E-state index contributed by atoms with van der Waals surface area (Å²) < 4.78 is 0. The van der Waals surface area contributed by atoms with E-state index in [-0.39, 0.29) is 17.9 Å². The van der Waals surface area contributed by atoms with Gasteiger partial charge in [-0.05, 0) is 45.2 Å². The van der Waals surface area contributed by atoms with Gasteiger partial charge in [0.25, 0.3) is 0 Å². The van der Waals surface area contributed by atoms with Gasteiger partial charge >= 0.3 is 0 Å². The Kier molecular flexibility index (Phi) is 7.80. The number of anilines is 1. The van der Waals surface area contributed by atoms with Gasteiger partial charge in [-0.25, -0.2) is 0 Å². The van der Waals surface area contributed by atoms with Gasteiger partial charge in [-0.1, -0.05) is 24.6 Å². The third kappa shape index (κ3) is 6.63. The molecule has 1 aromatic carbocycles. The van der Waals surface area contributed by atoms with Crippen LogP contribution in [-0.2, 0) is 9.59 Å². The molecule has 0 bridgehead atoms. The fourth-order valence-electron chi connectivity index (χ4n) is 3.49. The summed E-state index contributed by atoms with van der Waals surface area (Å²) >= 11 is 0. The van der Waals surface area contributed by atoms with Crippen molar-refractivity contribution in [2.24, 2.45) is 0 Å². The molecule has 6 nitrogen and oxygen atoms in total. The maximum Gasteiger partial charge on any atom is 0.238 e.